The minimum Gasteiger partial charge on any atom is -0.373 e. The molecule has 1 N–H and O–H groups in total. The summed E-state index contributed by atoms with van der Waals surface area (Å²) in [5.74, 6) is 0. The molecule has 0 spiro atoms. The molecule has 2 nitrogen and oxygen atoms in total. The summed E-state index contributed by atoms with van der Waals surface area (Å²) in [5, 5.41) is 0. The molecule has 0 aliphatic carbocycles. The topological polar surface area (TPSA) is 13.7 Å². The number of hydrogen-bond acceptors (Lipinski definition) is 1. The first-order valence-corrected chi connectivity index (χ1v) is 7.97. The lowest BCUT2D eigenvalue weighted by Gasteiger charge is -2.33. The third-order valence-electron chi connectivity index (χ3n) is 5.19. The normalized spacial score (nSPS) is 26.8. The number of fused-ring (bicyclic) bond motifs is 1. The third-order valence-corrected chi connectivity index (χ3v) is 5.19. The molecule has 3 heteroatoms. The van der Waals surface area contributed by atoms with E-state index in [0.29, 0.717) is 6.04 Å². The van der Waals surface area contributed by atoms with E-state index in [9.17, 15) is 0 Å². The maximum atomic E-state index is 6.65. The first kappa shape index (κ1) is 13.1. The van der Waals surface area contributed by atoms with E-state index in [-0.39, 0.29) is 12.7 Å². The zero-order chi connectivity index (χ0) is 14.3. The van der Waals surface area contributed by atoms with Gasteiger partial charge in [-0.05, 0) is 11.1 Å². The molecule has 2 aliphatic rings. The Balaban J connectivity index is 1.92. The lowest BCUT2D eigenvalue weighted by molar-refractivity contribution is -0.800. The van der Waals surface area contributed by atoms with Crippen LogP contribution in [0.2, 0.25) is 6.82 Å². The highest BCUT2D eigenvalue weighted by atomic mass is 16.5. The van der Waals surface area contributed by atoms with Crippen molar-refractivity contribution in [3.63, 3.8) is 0 Å². The average Bonchev–Trinajstić information content (AvgIpc) is 3.13. The number of quaternary nitrogens is 1. The van der Waals surface area contributed by atoms with Crippen LogP contribution in [0.1, 0.15) is 24.0 Å². The molecule has 2 atom stereocenters. The van der Waals surface area contributed by atoms with Crippen molar-refractivity contribution in [3.8, 4) is 0 Å². The van der Waals surface area contributed by atoms with Crippen LogP contribution in [-0.2, 0) is 10.3 Å². The highest BCUT2D eigenvalue weighted by Gasteiger charge is 2.61. The van der Waals surface area contributed by atoms with Gasteiger partial charge in [0.05, 0.1) is 6.54 Å². The summed E-state index contributed by atoms with van der Waals surface area (Å²) >= 11 is 0. The minimum atomic E-state index is -0.284. The van der Waals surface area contributed by atoms with Crippen molar-refractivity contribution in [2.75, 3.05) is 6.54 Å². The molecule has 0 amide bonds. The smallest absolute Gasteiger partial charge is 0.373 e. The van der Waals surface area contributed by atoms with Crippen molar-refractivity contribution in [1.29, 1.82) is 0 Å². The monoisotopic (exact) mass is 278 g/mol. The van der Waals surface area contributed by atoms with E-state index in [2.05, 4.69) is 67.5 Å². The Hall–Kier alpha value is -1.58. The molecule has 2 aliphatic heterocycles. The van der Waals surface area contributed by atoms with E-state index in [1.54, 1.807) is 4.81 Å². The summed E-state index contributed by atoms with van der Waals surface area (Å²) in [7, 11) is 0.262. The maximum Gasteiger partial charge on any atom is 0.570 e. The molecule has 106 valence electrons. The van der Waals surface area contributed by atoms with Crippen molar-refractivity contribution >= 4 is 7.05 Å². The van der Waals surface area contributed by atoms with Gasteiger partial charge in [-0.3, -0.25) is 0 Å². The van der Waals surface area contributed by atoms with Gasteiger partial charge in [0, 0.05) is 19.7 Å². The van der Waals surface area contributed by atoms with E-state index in [1.807, 2.05) is 0 Å². The fourth-order valence-electron chi connectivity index (χ4n) is 4.33. The Morgan fingerprint density at radius 2 is 1.57 bits per heavy atom. The second-order valence-corrected chi connectivity index (χ2v) is 6.25. The minimum absolute atomic E-state index is 0.262. The molecule has 1 unspecified atom stereocenters. The number of benzene rings is 2. The Bertz CT molecular complexity index is 576. The zero-order valence-corrected chi connectivity index (χ0v) is 12.5. The SMILES string of the molecule is CB1OC(c2ccccc2)(c2ccccc2)[C@@H]2CCC[NH+]12. The summed E-state index contributed by atoms with van der Waals surface area (Å²) in [6.07, 6.45) is 2.54. The highest BCUT2D eigenvalue weighted by molar-refractivity contribution is 6.41. The van der Waals surface area contributed by atoms with Gasteiger partial charge in [-0.2, -0.15) is 0 Å². The van der Waals surface area contributed by atoms with Crippen molar-refractivity contribution in [1.82, 2.24) is 0 Å². The van der Waals surface area contributed by atoms with E-state index >= 15 is 0 Å². The molecule has 21 heavy (non-hydrogen) atoms. The van der Waals surface area contributed by atoms with Crippen LogP contribution in [0.5, 0.6) is 0 Å². The predicted octanol–water partition coefficient (Wildman–Crippen LogP) is 2.13. The van der Waals surface area contributed by atoms with Crippen LogP contribution in [0.25, 0.3) is 0 Å². The molecule has 2 heterocycles. The molecule has 2 aromatic carbocycles. The molecular formula is C18H21BNO+. The average molecular weight is 278 g/mol. The second-order valence-electron chi connectivity index (χ2n) is 6.25. The molecule has 2 saturated heterocycles. The van der Waals surface area contributed by atoms with Crippen LogP contribution >= 0.6 is 0 Å². The van der Waals surface area contributed by atoms with Crippen LogP contribution in [0, 0.1) is 0 Å². The van der Waals surface area contributed by atoms with Crippen molar-refractivity contribution < 1.29 is 9.47 Å². The third kappa shape index (κ3) is 1.88. The van der Waals surface area contributed by atoms with Gasteiger partial charge in [0.1, 0.15) is 6.04 Å². The van der Waals surface area contributed by atoms with Crippen LogP contribution in [0.15, 0.2) is 60.7 Å². The van der Waals surface area contributed by atoms with Gasteiger partial charge >= 0.3 is 7.05 Å². The van der Waals surface area contributed by atoms with Crippen molar-refractivity contribution in [2.45, 2.75) is 31.3 Å². The Morgan fingerprint density at radius 1 is 1.00 bits per heavy atom. The van der Waals surface area contributed by atoms with Gasteiger partial charge < -0.3 is 9.47 Å². The molecule has 0 saturated carbocycles. The number of rotatable bonds is 2. The second kappa shape index (κ2) is 5.01. The van der Waals surface area contributed by atoms with Gasteiger partial charge in [0.25, 0.3) is 0 Å². The van der Waals surface area contributed by atoms with Crippen LogP contribution in [0.4, 0.5) is 0 Å². The summed E-state index contributed by atoms with van der Waals surface area (Å²) < 4.78 is 6.65. The summed E-state index contributed by atoms with van der Waals surface area (Å²) in [5.41, 5.74) is 2.31. The first-order valence-electron chi connectivity index (χ1n) is 7.97. The van der Waals surface area contributed by atoms with Gasteiger partial charge in [0.15, 0.2) is 5.60 Å². The Labute approximate surface area is 126 Å². The molecule has 0 radical (unpaired) electrons. The molecule has 2 fully saturated rings. The van der Waals surface area contributed by atoms with E-state index in [0.717, 1.165) is 0 Å². The first-order chi connectivity index (χ1) is 10.3. The van der Waals surface area contributed by atoms with Gasteiger partial charge in [0.2, 0.25) is 0 Å². The van der Waals surface area contributed by atoms with E-state index < -0.39 is 0 Å². The highest BCUT2D eigenvalue weighted by Crippen LogP contribution is 2.41. The largest absolute Gasteiger partial charge is 0.570 e. The molecule has 0 aromatic heterocycles. The molecule has 2 aromatic rings. The Kier molecular flexibility index (Phi) is 3.13. The molecule has 4 rings (SSSR count). The quantitative estimate of drug-likeness (QED) is 0.831. The molecular weight excluding hydrogens is 257 g/mol. The van der Waals surface area contributed by atoms with Crippen molar-refractivity contribution in [2.24, 2.45) is 0 Å². The van der Waals surface area contributed by atoms with E-state index in [4.69, 9.17) is 4.65 Å². The lowest BCUT2D eigenvalue weighted by Crippen LogP contribution is -3.17. The Morgan fingerprint density at radius 3 is 2.14 bits per heavy atom. The van der Waals surface area contributed by atoms with Gasteiger partial charge in [-0.1, -0.05) is 60.7 Å². The fraction of sp³-hybridized carbons (Fsp3) is 0.333. The van der Waals surface area contributed by atoms with Crippen LogP contribution in [-0.4, -0.2) is 19.6 Å². The summed E-state index contributed by atoms with van der Waals surface area (Å²) in [6.45, 7) is 3.45. The van der Waals surface area contributed by atoms with Crippen LogP contribution in [0.3, 0.4) is 0 Å². The predicted molar refractivity (Wildman–Crippen MR) is 85.2 cm³/mol. The van der Waals surface area contributed by atoms with E-state index in [1.165, 1.54) is 30.5 Å². The number of nitrogens with one attached hydrogen (secondary N) is 1. The lowest BCUT2D eigenvalue weighted by atomic mass is 9.79. The maximum absolute atomic E-state index is 6.65. The van der Waals surface area contributed by atoms with Crippen molar-refractivity contribution in [3.05, 3.63) is 71.8 Å². The fourth-order valence-corrected chi connectivity index (χ4v) is 4.33. The standard InChI is InChI=1S/C18H20BNO/c1-19-20-14-8-13-17(20)18(21-19,15-9-4-2-5-10-15)16-11-6-3-7-12-16/h2-7,9-12,17H,8,13-14H2,1H3/p+1/t17-/m0/s1. The van der Waals surface area contributed by atoms with Gasteiger partial charge in [-0.25, -0.2) is 0 Å². The summed E-state index contributed by atoms with van der Waals surface area (Å²) in [4.78, 5) is 1.61. The zero-order valence-electron chi connectivity index (χ0n) is 12.5. The number of hydrogen-bond donors (Lipinski definition) is 1. The van der Waals surface area contributed by atoms with Gasteiger partial charge in [-0.15, -0.1) is 0 Å². The van der Waals surface area contributed by atoms with Crippen LogP contribution < -0.4 is 4.81 Å². The summed E-state index contributed by atoms with van der Waals surface area (Å²) in [6, 6.07) is 22.1. The molecule has 0 bridgehead atoms.